The molecular formula is C9H15NO2S. The van der Waals surface area contributed by atoms with Gasteiger partial charge in [0.1, 0.15) is 5.76 Å². The molecule has 1 aromatic rings. The third-order valence-corrected chi connectivity index (χ3v) is 3.24. The molecule has 3 nitrogen and oxygen atoms in total. The van der Waals surface area contributed by atoms with Gasteiger partial charge in [0, 0.05) is 11.3 Å². The van der Waals surface area contributed by atoms with Crippen LogP contribution in [0.15, 0.2) is 22.8 Å². The van der Waals surface area contributed by atoms with E-state index >= 15 is 0 Å². The molecule has 0 fully saturated rings. The zero-order chi connectivity index (χ0) is 9.68. The average molecular weight is 201 g/mol. The van der Waals surface area contributed by atoms with Crippen molar-refractivity contribution in [2.75, 3.05) is 6.61 Å². The number of aliphatic hydroxyl groups excluding tert-OH is 1. The summed E-state index contributed by atoms with van der Waals surface area (Å²) >= 11 is 1.62. The number of thioether (sulfide) groups is 1. The molecule has 0 amide bonds. The van der Waals surface area contributed by atoms with Crippen LogP contribution in [0.1, 0.15) is 12.7 Å². The van der Waals surface area contributed by atoms with Crippen molar-refractivity contribution < 1.29 is 9.52 Å². The lowest BCUT2D eigenvalue weighted by molar-refractivity contribution is 0.285. The number of hydrogen-bond donors (Lipinski definition) is 2. The molecule has 1 aromatic heterocycles. The maximum atomic E-state index is 8.99. The van der Waals surface area contributed by atoms with Crippen LogP contribution in [0.4, 0.5) is 0 Å². The van der Waals surface area contributed by atoms with Crippen molar-refractivity contribution in [2.24, 2.45) is 5.73 Å². The van der Waals surface area contributed by atoms with Crippen molar-refractivity contribution in [3.63, 3.8) is 0 Å². The van der Waals surface area contributed by atoms with E-state index < -0.39 is 0 Å². The predicted octanol–water partition coefficient (Wildman–Crippen LogP) is 1.22. The molecule has 1 heterocycles. The monoisotopic (exact) mass is 201 g/mol. The van der Waals surface area contributed by atoms with Gasteiger partial charge in [0.2, 0.25) is 0 Å². The van der Waals surface area contributed by atoms with E-state index in [1.54, 1.807) is 18.0 Å². The fraction of sp³-hybridized carbons (Fsp3) is 0.556. The van der Waals surface area contributed by atoms with Crippen molar-refractivity contribution in [3.8, 4) is 0 Å². The van der Waals surface area contributed by atoms with Crippen LogP contribution in [-0.2, 0) is 5.75 Å². The first-order valence-corrected chi connectivity index (χ1v) is 5.29. The minimum Gasteiger partial charge on any atom is -0.468 e. The zero-order valence-electron chi connectivity index (χ0n) is 7.64. The van der Waals surface area contributed by atoms with Gasteiger partial charge in [0.05, 0.1) is 18.6 Å². The first kappa shape index (κ1) is 10.6. The molecule has 0 spiro atoms. The van der Waals surface area contributed by atoms with E-state index in [0.717, 1.165) is 11.5 Å². The molecular weight excluding hydrogens is 186 g/mol. The second kappa shape index (κ2) is 5.32. The van der Waals surface area contributed by atoms with Gasteiger partial charge in [-0.05, 0) is 19.1 Å². The van der Waals surface area contributed by atoms with E-state index in [4.69, 9.17) is 15.3 Å². The van der Waals surface area contributed by atoms with Crippen LogP contribution in [0.3, 0.4) is 0 Å². The minimum atomic E-state index is 0.00459. The summed E-state index contributed by atoms with van der Waals surface area (Å²) in [6, 6.07) is 3.78. The van der Waals surface area contributed by atoms with Crippen LogP contribution in [0.5, 0.6) is 0 Å². The predicted molar refractivity (Wildman–Crippen MR) is 54.5 cm³/mol. The molecule has 0 aliphatic carbocycles. The highest BCUT2D eigenvalue weighted by Crippen LogP contribution is 2.19. The quantitative estimate of drug-likeness (QED) is 0.752. The highest BCUT2D eigenvalue weighted by atomic mass is 32.2. The molecule has 0 aliphatic rings. The second-order valence-electron chi connectivity index (χ2n) is 2.97. The second-order valence-corrected chi connectivity index (χ2v) is 4.20. The molecule has 0 bridgehead atoms. The normalized spacial score (nSPS) is 15.6. The Morgan fingerprint density at radius 3 is 2.92 bits per heavy atom. The first-order chi connectivity index (χ1) is 6.24. The van der Waals surface area contributed by atoms with Gasteiger partial charge in [-0.1, -0.05) is 0 Å². The maximum Gasteiger partial charge on any atom is 0.113 e. The van der Waals surface area contributed by atoms with Gasteiger partial charge < -0.3 is 15.3 Å². The molecule has 13 heavy (non-hydrogen) atoms. The van der Waals surface area contributed by atoms with Gasteiger partial charge >= 0.3 is 0 Å². The molecule has 74 valence electrons. The summed E-state index contributed by atoms with van der Waals surface area (Å²) in [5.74, 6) is 1.68. The SMILES string of the molecule is CC(N)C(CO)SCc1ccco1. The van der Waals surface area contributed by atoms with E-state index in [1.807, 2.05) is 19.1 Å². The third-order valence-electron chi connectivity index (χ3n) is 1.79. The number of furan rings is 1. The highest BCUT2D eigenvalue weighted by Gasteiger charge is 2.13. The van der Waals surface area contributed by atoms with Gasteiger partial charge in [-0.3, -0.25) is 0 Å². The molecule has 0 saturated heterocycles. The standard InChI is InChI=1S/C9H15NO2S/c1-7(10)9(5-11)13-6-8-3-2-4-12-8/h2-4,7,9,11H,5-6,10H2,1H3. The van der Waals surface area contributed by atoms with Crippen LogP contribution in [0, 0.1) is 0 Å². The fourth-order valence-corrected chi connectivity index (χ4v) is 1.91. The Kier molecular flexibility index (Phi) is 4.35. The van der Waals surface area contributed by atoms with Crippen molar-refractivity contribution >= 4 is 11.8 Å². The van der Waals surface area contributed by atoms with Crippen LogP contribution in [0.2, 0.25) is 0 Å². The van der Waals surface area contributed by atoms with E-state index in [1.165, 1.54) is 0 Å². The van der Waals surface area contributed by atoms with Gasteiger partial charge in [-0.25, -0.2) is 0 Å². The smallest absolute Gasteiger partial charge is 0.113 e. The number of nitrogens with two attached hydrogens (primary N) is 1. The number of rotatable bonds is 5. The van der Waals surface area contributed by atoms with Crippen molar-refractivity contribution in [3.05, 3.63) is 24.2 Å². The molecule has 3 N–H and O–H groups in total. The Morgan fingerprint density at radius 1 is 1.69 bits per heavy atom. The summed E-state index contributed by atoms with van der Waals surface area (Å²) in [7, 11) is 0. The summed E-state index contributed by atoms with van der Waals surface area (Å²) in [6.07, 6.45) is 1.65. The summed E-state index contributed by atoms with van der Waals surface area (Å²) in [4.78, 5) is 0. The van der Waals surface area contributed by atoms with Crippen molar-refractivity contribution in [1.29, 1.82) is 0 Å². The fourth-order valence-electron chi connectivity index (χ4n) is 0.955. The summed E-state index contributed by atoms with van der Waals surface area (Å²) in [5.41, 5.74) is 5.68. The van der Waals surface area contributed by atoms with Gasteiger partial charge in [0.25, 0.3) is 0 Å². The Labute approximate surface area is 82.3 Å². The van der Waals surface area contributed by atoms with Gasteiger partial charge in [0.15, 0.2) is 0 Å². The average Bonchev–Trinajstić information content (AvgIpc) is 2.57. The summed E-state index contributed by atoms with van der Waals surface area (Å²) in [6.45, 7) is 2.01. The van der Waals surface area contributed by atoms with Crippen LogP contribution < -0.4 is 5.73 Å². The van der Waals surface area contributed by atoms with E-state index in [2.05, 4.69) is 0 Å². The number of hydrogen-bond acceptors (Lipinski definition) is 4. The summed E-state index contributed by atoms with van der Waals surface area (Å²) < 4.78 is 5.16. The van der Waals surface area contributed by atoms with Crippen LogP contribution in [-0.4, -0.2) is 23.0 Å². The van der Waals surface area contributed by atoms with E-state index in [-0.39, 0.29) is 17.9 Å². The topological polar surface area (TPSA) is 59.4 Å². The van der Waals surface area contributed by atoms with E-state index in [0.29, 0.717) is 0 Å². The molecule has 4 heteroatoms. The molecule has 2 atom stereocenters. The van der Waals surface area contributed by atoms with E-state index in [9.17, 15) is 0 Å². The van der Waals surface area contributed by atoms with Crippen LogP contribution >= 0.6 is 11.8 Å². The maximum absolute atomic E-state index is 8.99. The largest absolute Gasteiger partial charge is 0.468 e. The molecule has 0 aliphatic heterocycles. The summed E-state index contributed by atoms with van der Waals surface area (Å²) in [5, 5.41) is 9.08. The van der Waals surface area contributed by atoms with Gasteiger partial charge in [-0.15, -0.1) is 11.8 Å². The molecule has 0 aromatic carbocycles. The van der Waals surface area contributed by atoms with Gasteiger partial charge in [-0.2, -0.15) is 0 Å². The lowest BCUT2D eigenvalue weighted by Gasteiger charge is -2.16. The van der Waals surface area contributed by atoms with Crippen LogP contribution in [0.25, 0.3) is 0 Å². The highest BCUT2D eigenvalue weighted by molar-refractivity contribution is 7.99. The lowest BCUT2D eigenvalue weighted by Crippen LogP contribution is -2.31. The van der Waals surface area contributed by atoms with Crippen molar-refractivity contribution in [2.45, 2.75) is 24.0 Å². The molecule has 0 saturated carbocycles. The number of aliphatic hydroxyl groups is 1. The minimum absolute atomic E-state index is 0.00459. The Balaban J connectivity index is 2.32. The Bertz CT molecular complexity index is 224. The molecule has 2 unspecified atom stereocenters. The molecule has 0 radical (unpaired) electrons. The molecule has 1 rings (SSSR count). The third kappa shape index (κ3) is 3.42. The zero-order valence-corrected chi connectivity index (χ0v) is 8.46. The van der Waals surface area contributed by atoms with Crippen molar-refractivity contribution in [1.82, 2.24) is 0 Å². The Morgan fingerprint density at radius 2 is 2.46 bits per heavy atom. The first-order valence-electron chi connectivity index (χ1n) is 4.24. The Hall–Kier alpha value is -0.450. The lowest BCUT2D eigenvalue weighted by atomic mass is 10.3.